The number of benzene rings is 3. The van der Waals surface area contributed by atoms with Crippen LogP contribution in [-0.2, 0) is 6.54 Å². The number of nitrogens with zero attached hydrogens (tertiary/aromatic N) is 2. The molecule has 0 N–H and O–H groups in total. The molecule has 0 bridgehead atoms. The van der Waals surface area contributed by atoms with Crippen LogP contribution in [0.15, 0.2) is 59.4 Å². The third-order valence-corrected chi connectivity index (χ3v) is 4.94. The maximum absolute atomic E-state index is 13.4. The Morgan fingerprint density at radius 1 is 0.923 bits per heavy atom. The van der Waals surface area contributed by atoms with Crippen molar-refractivity contribution in [3.8, 4) is 5.75 Å². The lowest BCUT2D eigenvalue weighted by Gasteiger charge is -2.18. The molecule has 4 nitrogen and oxygen atoms in total. The minimum Gasteiger partial charge on any atom is -0.496 e. The molecule has 4 heteroatoms. The number of aromatic nitrogens is 1. The van der Waals surface area contributed by atoms with Crippen LogP contribution in [0, 0.1) is 0 Å². The first-order chi connectivity index (χ1) is 12.6. The number of pyridine rings is 1. The Hall–Kier alpha value is -2.85. The molecule has 0 saturated heterocycles. The zero-order valence-corrected chi connectivity index (χ0v) is 15.3. The van der Waals surface area contributed by atoms with Crippen LogP contribution >= 0.6 is 0 Å². The van der Waals surface area contributed by atoms with E-state index in [-0.39, 0.29) is 5.56 Å². The van der Waals surface area contributed by atoms with Crippen molar-refractivity contribution in [1.82, 2.24) is 9.47 Å². The number of methoxy groups -OCH3 is 1. The van der Waals surface area contributed by atoms with Crippen molar-refractivity contribution < 1.29 is 4.74 Å². The van der Waals surface area contributed by atoms with Gasteiger partial charge in [-0.15, -0.1) is 0 Å². The summed E-state index contributed by atoms with van der Waals surface area (Å²) < 4.78 is 7.41. The summed E-state index contributed by atoms with van der Waals surface area (Å²) in [6.07, 6.45) is 0. The van der Waals surface area contributed by atoms with Crippen LogP contribution in [-0.4, -0.2) is 37.2 Å². The molecule has 0 aliphatic carbocycles. The van der Waals surface area contributed by atoms with Gasteiger partial charge >= 0.3 is 0 Å². The van der Waals surface area contributed by atoms with Gasteiger partial charge in [-0.3, -0.25) is 4.79 Å². The van der Waals surface area contributed by atoms with E-state index in [0.29, 0.717) is 17.7 Å². The van der Waals surface area contributed by atoms with Gasteiger partial charge in [0, 0.05) is 29.2 Å². The molecule has 4 rings (SSSR count). The smallest absolute Gasteiger partial charge is 0.262 e. The maximum atomic E-state index is 13.4. The average Bonchev–Trinajstić information content (AvgIpc) is 2.66. The normalized spacial score (nSPS) is 11.7. The summed E-state index contributed by atoms with van der Waals surface area (Å²) in [5.41, 5.74) is 0.999. The van der Waals surface area contributed by atoms with Gasteiger partial charge in [-0.25, -0.2) is 0 Å². The summed E-state index contributed by atoms with van der Waals surface area (Å²) in [5, 5.41) is 4.91. The number of fused-ring (bicyclic) bond motifs is 5. The third-order valence-electron chi connectivity index (χ3n) is 4.94. The number of rotatable bonds is 4. The third kappa shape index (κ3) is 2.54. The Morgan fingerprint density at radius 3 is 2.46 bits per heavy atom. The van der Waals surface area contributed by atoms with Gasteiger partial charge in [-0.05, 0) is 25.5 Å². The number of hydrogen-bond acceptors (Lipinski definition) is 3. The first kappa shape index (κ1) is 16.6. The topological polar surface area (TPSA) is 34.5 Å². The summed E-state index contributed by atoms with van der Waals surface area (Å²) in [5.74, 6) is 0.626. The van der Waals surface area contributed by atoms with Crippen LogP contribution in [0.25, 0.3) is 32.4 Å². The molecule has 0 fully saturated rings. The van der Waals surface area contributed by atoms with Gasteiger partial charge in [0.25, 0.3) is 5.56 Å². The van der Waals surface area contributed by atoms with Crippen molar-refractivity contribution in [2.24, 2.45) is 0 Å². The standard InChI is InChI=1S/C22H22N2O2/c1-23(2)13-14-24-21-16-8-5-4-7-15(16)11-12-18(21)17-9-6-10-19(26-3)20(17)22(24)25/h4-12H,13-14H2,1-3H3. The average molecular weight is 346 g/mol. The Morgan fingerprint density at radius 2 is 1.69 bits per heavy atom. The lowest BCUT2D eigenvalue weighted by atomic mass is 10.0. The van der Waals surface area contributed by atoms with E-state index in [2.05, 4.69) is 29.2 Å². The Kier molecular flexibility index (Phi) is 4.13. The molecule has 0 unspecified atom stereocenters. The molecule has 132 valence electrons. The van der Waals surface area contributed by atoms with Gasteiger partial charge in [0.15, 0.2) is 0 Å². The molecule has 0 spiro atoms. The molecular formula is C22H22N2O2. The fourth-order valence-electron chi connectivity index (χ4n) is 3.66. The van der Waals surface area contributed by atoms with Gasteiger partial charge in [0.05, 0.1) is 18.0 Å². The molecule has 26 heavy (non-hydrogen) atoms. The summed E-state index contributed by atoms with van der Waals surface area (Å²) in [4.78, 5) is 15.5. The molecule has 0 aliphatic heterocycles. The number of likely N-dealkylation sites (N-methyl/N-ethyl adjacent to an activating group) is 1. The fraction of sp³-hybridized carbons (Fsp3) is 0.227. The van der Waals surface area contributed by atoms with Crippen molar-refractivity contribution in [2.45, 2.75) is 6.54 Å². The molecule has 0 aliphatic rings. The Bertz CT molecular complexity index is 1180. The van der Waals surface area contributed by atoms with Crippen LogP contribution in [0.4, 0.5) is 0 Å². The second-order valence-corrected chi connectivity index (χ2v) is 6.83. The van der Waals surface area contributed by atoms with Crippen LogP contribution < -0.4 is 10.3 Å². The van der Waals surface area contributed by atoms with Crippen molar-refractivity contribution >= 4 is 32.4 Å². The highest BCUT2D eigenvalue weighted by atomic mass is 16.5. The molecule has 0 atom stereocenters. The summed E-state index contributed by atoms with van der Waals surface area (Å²) in [6.45, 7) is 1.42. The molecule has 1 heterocycles. The van der Waals surface area contributed by atoms with Crippen LogP contribution in [0.2, 0.25) is 0 Å². The summed E-state index contributed by atoms with van der Waals surface area (Å²) >= 11 is 0. The lowest BCUT2D eigenvalue weighted by molar-refractivity contribution is 0.384. The molecule has 1 aromatic heterocycles. The van der Waals surface area contributed by atoms with E-state index >= 15 is 0 Å². The van der Waals surface area contributed by atoms with E-state index in [9.17, 15) is 4.79 Å². The van der Waals surface area contributed by atoms with Gasteiger partial charge in [0.1, 0.15) is 5.75 Å². The minimum atomic E-state index is 0.00292. The molecule has 3 aromatic carbocycles. The van der Waals surface area contributed by atoms with E-state index < -0.39 is 0 Å². The minimum absolute atomic E-state index is 0.00292. The van der Waals surface area contributed by atoms with Crippen molar-refractivity contribution in [2.75, 3.05) is 27.7 Å². The van der Waals surface area contributed by atoms with Crippen LogP contribution in [0.5, 0.6) is 5.75 Å². The van der Waals surface area contributed by atoms with Gasteiger partial charge in [0.2, 0.25) is 0 Å². The van der Waals surface area contributed by atoms with E-state index in [1.165, 1.54) is 0 Å². The van der Waals surface area contributed by atoms with Crippen molar-refractivity contribution in [3.63, 3.8) is 0 Å². The lowest BCUT2D eigenvalue weighted by Crippen LogP contribution is -2.27. The molecule has 0 saturated carbocycles. The van der Waals surface area contributed by atoms with Crippen molar-refractivity contribution in [1.29, 1.82) is 0 Å². The predicted molar refractivity (Wildman–Crippen MR) is 108 cm³/mol. The van der Waals surface area contributed by atoms with Crippen molar-refractivity contribution in [3.05, 3.63) is 65.0 Å². The SMILES string of the molecule is COc1cccc2c1c(=O)n(CCN(C)C)c1c3ccccc3ccc21. The zero-order chi connectivity index (χ0) is 18.3. The highest BCUT2D eigenvalue weighted by Crippen LogP contribution is 2.32. The highest BCUT2D eigenvalue weighted by Gasteiger charge is 2.16. The monoisotopic (exact) mass is 346 g/mol. The second-order valence-electron chi connectivity index (χ2n) is 6.83. The van der Waals surface area contributed by atoms with E-state index in [0.717, 1.165) is 33.6 Å². The summed E-state index contributed by atoms with van der Waals surface area (Å²) in [6, 6.07) is 18.3. The Balaban J connectivity index is 2.22. The van der Waals surface area contributed by atoms with E-state index in [1.54, 1.807) is 7.11 Å². The summed E-state index contributed by atoms with van der Waals surface area (Å²) in [7, 11) is 5.66. The van der Waals surface area contributed by atoms with Crippen LogP contribution in [0.1, 0.15) is 0 Å². The van der Waals surface area contributed by atoms with E-state index in [1.807, 2.05) is 49.0 Å². The van der Waals surface area contributed by atoms with Gasteiger partial charge < -0.3 is 14.2 Å². The first-order valence-corrected chi connectivity index (χ1v) is 8.77. The maximum Gasteiger partial charge on any atom is 0.262 e. The Labute approximate surface area is 152 Å². The quantitative estimate of drug-likeness (QED) is 0.526. The van der Waals surface area contributed by atoms with Crippen LogP contribution in [0.3, 0.4) is 0 Å². The predicted octanol–water partition coefficient (Wildman–Crippen LogP) is 3.88. The zero-order valence-electron chi connectivity index (χ0n) is 15.3. The highest BCUT2D eigenvalue weighted by molar-refractivity contribution is 6.16. The van der Waals surface area contributed by atoms with E-state index in [4.69, 9.17) is 4.74 Å². The van der Waals surface area contributed by atoms with Gasteiger partial charge in [-0.1, -0.05) is 48.5 Å². The molecular weight excluding hydrogens is 324 g/mol. The molecule has 0 amide bonds. The van der Waals surface area contributed by atoms with Gasteiger partial charge in [-0.2, -0.15) is 0 Å². The second kappa shape index (κ2) is 6.46. The number of ether oxygens (including phenoxy) is 1. The molecule has 0 radical (unpaired) electrons. The first-order valence-electron chi connectivity index (χ1n) is 8.77. The number of hydrogen-bond donors (Lipinski definition) is 0. The largest absolute Gasteiger partial charge is 0.496 e. The molecule has 4 aromatic rings. The fourth-order valence-corrected chi connectivity index (χ4v) is 3.66.